The Morgan fingerprint density at radius 1 is 1.13 bits per heavy atom. The summed E-state index contributed by atoms with van der Waals surface area (Å²) in [5.41, 5.74) is 0.988. The molecule has 0 heterocycles. The molecule has 0 aromatic heterocycles. The number of ether oxygens (including phenoxy) is 2. The van der Waals surface area contributed by atoms with E-state index in [4.69, 9.17) is 9.47 Å². The first-order valence-electron chi connectivity index (χ1n) is 7.48. The fraction of sp³-hybridized carbons (Fsp3) is 0.333. The Morgan fingerprint density at radius 3 is 2.43 bits per heavy atom. The molecule has 0 bridgehead atoms. The molecule has 2 rings (SSSR count). The molecule has 5 heteroatoms. The maximum atomic E-state index is 13.5. The van der Waals surface area contributed by atoms with E-state index in [0.29, 0.717) is 13.2 Å². The van der Waals surface area contributed by atoms with Gasteiger partial charge in [-0.2, -0.15) is 0 Å². The molecule has 1 atom stereocenters. The number of benzene rings is 2. The normalized spacial score (nSPS) is 12.2. The van der Waals surface area contributed by atoms with E-state index in [1.165, 1.54) is 6.07 Å². The molecule has 2 aromatic rings. The van der Waals surface area contributed by atoms with Crippen molar-refractivity contribution in [1.82, 2.24) is 4.90 Å². The third-order valence-electron chi connectivity index (χ3n) is 3.74. The average molecular weight is 319 g/mol. The highest BCUT2D eigenvalue weighted by Crippen LogP contribution is 2.22. The summed E-state index contributed by atoms with van der Waals surface area (Å²) in [5, 5.41) is 9.66. The molecule has 0 saturated carbocycles. The molecule has 0 spiro atoms. The summed E-state index contributed by atoms with van der Waals surface area (Å²) in [6, 6.07) is 13.8. The highest BCUT2D eigenvalue weighted by molar-refractivity contribution is 5.29. The van der Waals surface area contributed by atoms with Gasteiger partial charge in [0.1, 0.15) is 12.4 Å². The Kier molecular flexibility index (Phi) is 6.38. The van der Waals surface area contributed by atoms with Crippen LogP contribution in [0.4, 0.5) is 4.39 Å². The van der Waals surface area contributed by atoms with E-state index in [9.17, 15) is 9.50 Å². The topological polar surface area (TPSA) is 41.9 Å². The second-order valence-electron chi connectivity index (χ2n) is 5.23. The molecule has 4 nitrogen and oxygen atoms in total. The largest absolute Gasteiger partial charge is 0.497 e. The number of halogens is 1. The average Bonchev–Trinajstić information content (AvgIpc) is 2.58. The van der Waals surface area contributed by atoms with Crippen LogP contribution in [0.5, 0.6) is 11.5 Å². The first kappa shape index (κ1) is 17.2. The smallest absolute Gasteiger partial charge is 0.165 e. The standard InChI is InChI=1S/C18H22FNO3/c1-20(11-12-23-18-6-4-3-5-16(18)19)17(13-21)14-7-9-15(22-2)10-8-14/h3-10,17,21H,11-13H2,1-2H3. The second kappa shape index (κ2) is 8.50. The first-order chi connectivity index (χ1) is 11.2. The number of hydrogen-bond donors (Lipinski definition) is 1. The molecule has 0 aliphatic rings. The molecule has 0 aliphatic carbocycles. The lowest BCUT2D eigenvalue weighted by atomic mass is 10.1. The zero-order valence-corrected chi connectivity index (χ0v) is 13.4. The minimum atomic E-state index is -0.371. The Labute approximate surface area is 136 Å². The van der Waals surface area contributed by atoms with Crippen LogP contribution in [0, 0.1) is 5.82 Å². The molecule has 0 aliphatic heterocycles. The lowest BCUT2D eigenvalue weighted by molar-refractivity contribution is 0.129. The molecule has 2 aromatic carbocycles. The van der Waals surface area contributed by atoms with Crippen LogP contribution in [-0.2, 0) is 0 Å². The van der Waals surface area contributed by atoms with Gasteiger partial charge in [0.05, 0.1) is 19.8 Å². The lowest BCUT2D eigenvalue weighted by Gasteiger charge is -2.27. The van der Waals surface area contributed by atoms with Gasteiger partial charge in [0.15, 0.2) is 11.6 Å². The number of rotatable bonds is 8. The molecular weight excluding hydrogens is 297 g/mol. The van der Waals surface area contributed by atoms with E-state index in [-0.39, 0.29) is 24.2 Å². The van der Waals surface area contributed by atoms with Crippen LogP contribution in [0.2, 0.25) is 0 Å². The highest BCUT2D eigenvalue weighted by Gasteiger charge is 2.16. The van der Waals surface area contributed by atoms with Crippen LogP contribution in [0.3, 0.4) is 0 Å². The Morgan fingerprint density at radius 2 is 1.83 bits per heavy atom. The van der Waals surface area contributed by atoms with Crippen LogP contribution in [0.25, 0.3) is 0 Å². The van der Waals surface area contributed by atoms with E-state index in [1.54, 1.807) is 25.3 Å². The zero-order chi connectivity index (χ0) is 16.7. The van der Waals surface area contributed by atoms with Gasteiger partial charge >= 0.3 is 0 Å². The van der Waals surface area contributed by atoms with Crippen molar-refractivity contribution in [2.24, 2.45) is 0 Å². The number of nitrogens with zero attached hydrogens (tertiary/aromatic N) is 1. The monoisotopic (exact) mass is 319 g/mol. The number of aliphatic hydroxyl groups excluding tert-OH is 1. The lowest BCUT2D eigenvalue weighted by Crippen LogP contribution is -2.31. The number of aliphatic hydroxyl groups is 1. The van der Waals surface area contributed by atoms with Gasteiger partial charge in [-0.1, -0.05) is 24.3 Å². The van der Waals surface area contributed by atoms with Crippen molar-refractivity contribution in [3.05, 3.63) is 59.9 Å². The van der Waals surface area contributed by atoms with Gasteiger partial charge in [-0.05, 0) is 36.9 Å². The van der Waals surface area contributed by atoms with Crippen molar-refractivity contribution in [3.8, 4) is 11.5 Å². The number of methoxy groups -OCH3 is 1. The fourth-order valence-electron chi connectivity index (χ4n) is 2.34. The van der Waals surface area contributed by atoms with E-state index >= 15 is 0 Å². The molecule has 0 radical (unpaired) electrons. The van der Waals surface area contributed by atoms with Crippen LogP contribution >= 0.6 is 0 Å². The van der Waals surface area contributed by atoms with Gasteiger partial charge in [0, 0.05) is 6.54 Å². The van der Waals surface area contributed by atoms with Gasteiger partial charge in [-0.25, -0.2) is 4.39 Å². The van der Waals surface area contributed by atoms with Crippen LogP contribution in [0.1, 0.15) is 11.6 Å². The third-order valence-corrected chi connectivity index (χ3v) is 3.74. The maximum absolute atomic E-state index is 13.5. The predicted octanol–water partition coefficient (Wildman–Crippen LogP) is 2.88. The van der Waals surface area contributed by atoms with Gasteiger partial charge in [0.2, 0.25) is 0 Å². The van der Waals surface area contributed by atoms with Gasteiger partial charge < -0.3 is 14.6 Å². The summed E-state index contributed by atoms with van der Waals surface area (Å²) in [4.78, 5) is 1.97. The SMILES string of the molecule is COc1ccc(C(CO)N(C)CCOc2ccccc2F)cc1. The van der Waals surface area contributed by atoms with Crippen molar-refractivity contribution in [3.63, 3.8) is 0 Å². The van der Waals surface area contributed by atoms with E-state index in [1.807, 2.05) is 36.2 Å². The minimum Gasteiger partial charge on any atom is -0.497 e. The number of hydrogen-bond acceptors (Lipinski definition) is 4. The third kappa shape index (κ3) is 4.68. The van der Waals surface area contributed by atoms with Gasteiger partial charge in [0.25, 0.3) is 0 Å². The summed E-state index contributed by atoms with van der Waals surface area (Å²) >= 11 is 0. The molecule has 0 saturated heterocycles. The molecule has 1 N–H and O–H groups in total. The Balaban J connectivity index is 1.91. The number of likely N-dealkylation sites (N-methyl/N-ethyl adjacent to an activating group) is 1. The molecular formula is C18H22FNO3. The molecule has 0 fully saturated rings. The van der Waals surface area contributed by atoms with Crippen molar-refractivity contribution in [2.45, 2.75) is 6.04 Å². The Hall–Kier alpha value is -2.11. The summed E-state index contributed by atoms with van der Waals surface area (Å²) in [5.74, 6) is 0.644. The van der Waals surface area contributed by atoms with Crippen molar-refractivity contribution < 1.29 is 19.0 Å². The summed E-state index contributed by atoms with van der Waals surface area (Å²) in [7, 11) is 3.51. The fourth-order valence-corrected chi connectivity index (χ4v) is 2.34. The molecule has 1 unspecified atom stereocenters. The predicted molar refractivity (Wildman–Crippen MR) is 87.3 cm³/mol. The summed E-state index contributed by atoms with van der Waals surface area (Å²) in [6.07, 6.45) is 0. The van der Waals surface area contributed by atoms with Crippen molar-refractivity contribution in [1.29, 1.82) is 0 Å². The Bertz CT molecular complexity index is 603. The van der Waals surface area contributed by atoms with Crippen LogP contribution in [-0.4, -0.2) is 43.9 Å². The van der Waals surface area contributed by atoms with Gasteiger partial charge in [-0.3, -0.25) is 4.90 Å². The molecule has 0 amide bonds. The molecule has 124 valence electrons. The van der Waals surface area contributed by atoms with E-state index in [0.717, 1.165) is 11.3 Å². The van der Waals surface area contributed by atoms with Gasteiger partial charge in [-0.15, -0.1) is 0 Å². The highest BCUT2D eigenvalue weighted by atomic mass is 19.1. The second-order valence-corrected chi connectivity index (χ2v) is 5.23. The summed E-state index contributed by atoms with van der Waals surface area (Å²) < 4.78 is 24.1. The minimum absolute atomic E-state index is 0.0114. The zero-order valence-electron chi connectivity index (χ0n) is 13.4. The van der Waals surface area contributed by atoms with E-state index in [2.05, 4.69) is 0 Å². The quantitative estimate of drug-likeness (QED) is 0.812. The van der Waals surface area contributed by atoms with Crippen molar-refractivity contribution >= 4 is 0 Å². The van der Waals surface area contributed by atoms with Crippen LogP contribution < -0.4 is 9.47 Å². The van der Waals surface area contributed by atoms with E-state index < -0.39 is 0 Å². The first-order valence-corrected chi connectivity index (χ1v) is 7.48. The summed E-state index contributed by atoms with van der Waals surface area (Å²) in [6.45, 7) is 0.887. The molecule has 23 heavy (non-hydrogen) atoms. The van der Waals surface area contributed by atoms with Crippen molar-refractivity contribution in [2.75, 3.05) is 33.9 Å². The maximum Gasteiger partial charge on any atom is 0.165 e. The van der Waals surface area contributed by atoms with Crippen LogP contribution in [0.15, 0.2) is 48.5 Å². The number of para-hydroxylation sites is 1.